The molecule has 0 radical (unpaired) electrons. The van der Waals surface area contributed by atoms with Gasteiger partial charge in [-0.15, -0.1) is 0 Å². The van der Waals surface area contributed by atoms with E-state index in [0.717, 1.165) is 0 Å². The monoisotopic (exact) mass is 410 g/mol. The topological polar surface area (TPSA) is 0 Å². The molecule has 0 nitrogen and oxygen atoms in total. The van der Waals surface area contributed by atoms with E-state index < -0.39 is 69.2 Å². The van der Waals surface area contributed by atoms with Crippen molar-refractivity contribution in [3.63, 3.8) is 0 Å². The van der Waals surface area contributed by atoms with Crippen LogP contribution in [0.2, 0.25) is 0 Å². The van der Waals surface area contributed by atoms with Crippen molar-refractivity contribution < 1.29 is 61.5 Å². The molecule has 0 heterocycles. The third kappa shape index (κ3) is 0.917. The molecule has 2 bridgehead atoms. The number of fused-ring (bicyclic) bond motifs is 1. The molecule has 2 saturated carbocycles. The third-order valence-electron chi connectivity index (χ3n) is 5.58. The van der Waals surface area contributed by atoms with Gasteiger partial charge in [0.15, 0.2) is 22.9 Å². The molecule has 146 valence electrons. The Morgan fingerprint density at radius 3 is 1.42 bits per heavy atom. The molecule has 1 spiro atoms. The minimum atomic E-state index is -6.98. The molecule has 0 N–H and O–H groups in total. The first-order valence-corrected chi connectivity index (χ1v) is 6.40. The second-order valence-corrected chi connectivity index (χ2v) is 6.34. The maximum atomic E-state index is 14.7. The third-order valence-corrected chi connectivity index (χ3v) is 5.58. The van der Waals surface area contributed by atoms with Gasteiger partial charge < -0.3 is 0 Å². The fraction of sp³-hybridized carbons (Fsp3) is 0.667. The van der Waals surface area contributed by atoms with Crippen molar-refractivity contribution in [1.82, 2.24) is 0 Å². The van der Waals surface area contributed by atoms with Crippen molar-refractivity contribution in [1.29, 1.82) is 0 Å². The number of allylic oxidation sites excluding steroid dienone is 4. The first-order valence-electron chi connectivity index (χ1n) is 6.40. The number of rotatable bonds is 0. The summed E-state index contributed by atoms with van der Waals surface area (Å²) in [5.41, 5.74) is -28.2. The number of alkyl halides is 11. The second-order valence-electron chi connectivity index (χ2n) is 6.34. The van der Waals surface area contributed by atoms with Crippen LogP contribution in [-0.2, 0) is 0 Å². The van der Waals surface area contributed by atoms with Gasteiger partial charge >= 0.3 is 23.7 Å². The van der Waals surface area contributed by atoms with Crippen LogP contribution in [-0.4, -0.2) is 40.7 Å². The lowest BCUT2D eigenvalue weighted by molar-refractivity contribution is -0.350. The second kappa shape index (κ2) is 3.48. The van der Waals surface area contributed by atoms with E-state index in [2.05, 4.69) is 0 Å². The summed E-state index contributed by atoms with van der Waals surface area (Å²) in [6, 6.07) is 0. The average Bonchev–Trinajstić information content (AvgIpc) is 2.84. The summed E-state index contributed by atoms with van der Waals surface area (Å²) in [7, 11) is 0. The van der Waals surface area contributed by atoms with Crippen LogP contribution in [0.3, 0.4) is 0 Å². The largest absolute Gasteiger partial charge is 0.357 e. The van der Waals surface area contributed by atoms with E-state index >= 15 is 0 Å². The van der Waals surface area contributed by atoms with Crippen molar-refractivity contribution in [3.05, 3.63) is 23.1 Å². The molecule has 0 amide bonds. The summed E-state index contributed by atoms with van der Waals surface area (Å²) in [5.74, 6) is -37.9. The van der Waals surface area contributed by atoms with E-state index in [1.165, 1.54) is 0 Å². The van der Waals surface area contributed by atoms with Crippen LogP contribution in [0.25, 0.3) is 0 Å². The molecular formula is C12F14. The molecule has 0 aromatic carbocycles. The predicted octanol–water partition coefficient (Wildman–Crippen LogP) is 5.07. The minimum absolute atomic E-state index is 3.60. The summed E-state index contributed by atoms with van der Waals surface area (Å²) < 4.78 is 195. The summed E-state index contributed by atoms with van der Waals surface area (Å²) in [5, 5.41) is 0. The molecule has 0 saturated heterocycles. The van der Waals surface area contributed by atoms with Crippen molar-refractivity contribution in [2.24, 2.45) is 5.41 Å². The van der Waals surface area contributed by atoms with E-state index in [-0.39, 0.29) is 0 Å². The highest BCUT2D eigenvalue weighted by Crippen LogP contribution is 2.95. The van der Waals surface area contributed by atoms with Gasteiger partial charge in [-0.25, -0.2) is 35.1 Å². The molecule has 14 heteroatoms. The van der Waals surface area contributed by atoms with Crippen LogP contribution >= 0.6 is 0 Å². The number of halogens is 14. The van der Waals surface area contributed by atoms with Crippen molar-refractivity contribution in [2.75, 3.05) is 0 Å². The van der Waals surface area contributed by atoms with Gasteiger partial charge in [0.25, 0.3) is 17.0 Å². The van der Waals surface area contributed by atoms with Crippen molar-refractivity contribution >= 4 is 0 Å². The van der Waals surface area contributed by atoms with Crippen LogP contribution in [0.4, 0.5) is 61.5 Å². The zero-order valence-electron chi connectivity index (χ0n) is 11.3. The Morgan fingerprint density at radius 1 is 0.500 bits per heavy atom. The highest BCUT2D eigenvalue weighted by atomic mass is 19.3. The smallest absolute Gasteiger partial charge is 0.228 e. The normalized spacial score (nSPS) is 51.5. The first kappa shape index (κ1) is 17.9. The molecule has 5 aliphatic carbocycles. The van der Waals surface area contributed by atoms with Gasteiger partial charge in [-0.3, -0.25) is 0 Å². The lowest BCUT2D eigenvalue weighted by atomic mass is 9.55. The summed E-state index contributed by atoms with van der Waals surface area (Å²) in [6.45, 7) is 0. The van der Waals surface area contributed by atoms with Crippen molar-refractivity contribution in [3.8, 4) is 0 Å². The van der Waals surface area contributed by atoms with Gasteiger partial charge in [-0.05, 0) is 0 Å². The Labute approximate surface area is 132 Å². The highest BCUT2D eigenvalue weighted by Gasteiger charge is 3.19. The summed E-state index contributed by atoms with van der Waals surface area (Å²) >= 11 is 0. The Morgan fingerprint density at radius 2 is 0.962 bits per heavy atom. The molecule has 2 fully saturated rings. The van der Waals surface area contributed by atoms with E-state index in [9.17, 15) is 61.5 Å². The van der Waals surface area contributed by atoms with Crippen LogP contribution in [0, 0.1) is 5.41 Å². The lowest BCUT2D eigenvalue weighted by Gasteiger charge is -2.55. The number of hydrogen-bond acceptors (Lipinski definition) is 0. The Kier molecular flexibility index (Phi) is 2.39. The molecule has 5 aliphatic rings. The molecule has 4 atom stereocenters. The molecule has 0 aliphatic heterocycles. The van der Waals surface area contributed by atoms with E-state index in [1.54, 1.807) is 0 Å². The maximum Gasteiger partial charge on any atom is 0.357 e. The number of hydrogen-bond donors (Lipinski definition) is 0. The molecular weight excluding hydrogens is 410 g/mol. The molecule has 26 heavy (non-hydrogen) atoms. The van der Waals surface area contributed by atoms with Crippen LogP contribution in [0.15, 0.2) is 23.1 Å². The molecule has 5 rings (SSSR count). The molecule has 0 aromatic rings. The lowest BCUT2D eigenvalue weighted by Crippen LogP contribution is -2.79. The Hall–Kier alpha value is -1.50. The van der Waals surface area contributed by atoms with Crippen LogP contribution in [0.1, 0.15) is 0 Å². The van der Waals surface area contributed by atoms with Gasteiger partial charge in [-0.2, -0.15) is 26.3 Å². The van der Waals surface area contributed by atoms with E-state index in [1.807, 2.05) is 0 Å². The molecule has 0 aromatic heterocycles. The highest BCUT2D eigenvalue weighted by molar-refractivity contribution is 5.73. The minimum Gasteiger partial charge on any atom is -0.228 e. The van der Waals surface area contributed by atoms with Gasteiger partial charge in [0.1, 0.15) is 0 Å². The SMILES string of the molecule is FC1=C2C3(F)C(F)=C(F)C(F)(C(F)(F)C3(F)F)C23C(F)(F)C3(F)C1(F)F. The zero-order chi connectivity index (χ0) is 20.3. The first-order chi connectivity index (χ1) is 11.3. The van der Waals surface area contributed by atoms with E-state index in [4.69, 9.17) is 0 Å². The average molecular weight is 410 g/mol. The fourth-order valence-corrected chi connectivity index (χ4v) is 4.40. The summed E-state index contributed by atoms with van der Waals surface area (Å²) in [4.78, 5) is 0. The Balaban J connectivity index is 2.31. The molecule has 4 unspecified atom stereocenters. The van der Waals surface area contributed by atoms with Crippen LogP contribution in [0.5, 0.6) is 0 Å². The van der Waals surface area contributed by atoms with Gasteiger partial charge in [-0.1, -0.05) is 0 Å². The van der Waals surface area contributed by atoms with Crippen LogP contribution < -0.4 is 0 Å². The predicted molar refractivity (Wildman–Crippen MR) is 51.1 cm³/mol. The van der Waals surface area contributed by atoms with Gasteiger partial charge in [0.05, 0.1) is 0 Å². The standard InChI is InChI=1S/C12F14/c13-2-1-5(16)3(14)4(15)7(17,12(25,26)10(5,21)22)6(1)9(20,8(2,18)19)11(6,23)24. The van der Waals surface area contributed by atoms with E-state index in [0.29, 0.717) is 0 Å². The maximum absolute atomic E-state index is 14.7. The van der Waals surface area contributed by atoms with Crippen molar-refractivity contribution in [2.45, 2.75) is 40.7 Å². The van der Waals surface area contributed by atoms with Gasteiger partial charge in [0.2, 0.25) is 0 Å². The Bertz CT molecular complexity index is 852. The quantitative estimate of drug-likeness (QED) is 0.490. The summed E-state index contributed by atoms with van der Waals surface area (Å²) in [6.07, 6.45) is 0. The van der Waals surface area contributed by atoms with Gasteiger partial charge in [0, 0.05) is 5.57 Å². The fourth-order valence-electron chi connectivity index (χ4n) is 4.40. The zero-order valence-corrected chi connectivity index (χ0v) is 11.3.